The molecule has 17 heavy (non-hydrogen) atoms. The van der Waals surface area contributed by atoms with Crippen LogP contribution in [0.5, 0.6) is 0 Å². The third-order valence-corrected chi connectivity index (χ3v) is 3.46. The van der Waals surface area contributed by atoms with E-state index in [1.54, 1.807) is 0 Å². The van der Waals surface area contributed by atoms with E-state index in [2.05, 4.69) is 40.3 Å². The van der Waals surface area contributed by atoms with Crippen molar-refractivity contribution in [1.29, 1.82) is 5.26 Å². The molecule has 0 aromatic rings. The summed E-state index contributed by atoms with van der Waals surface area (Å²) in [7, 11) is 2.09. The van der Waals surface area contributed by atoms with E-state index in [-0.39, 0.29) is 0 Å². The third-order valence-electron chi connectivity index (χ3n) is 3.46. The summed E-state index contributed by atoms with van der Waals surface area (Å²) in [4.78, 5) is 4.98. The van der Waals surface area contributed by atoms with E-state index in [4.69, 9.17) is 5.53 Å². The fourth-order valence-electron chi connectivity index (χ4n) is 2.17. The van der Waals surface area contributed by atoms with Gasteiger partial charge >= 0.3 is 0 Å². The lowest BCUT2D eigenvalue weighted by atomic mass is 9.85. The molecule has 0 radical (unpaired) electrons. The van der Waals surface area contributed by atoms with Gasteiger partial charge in [-0.1, -0.05) is 5.11 Å². The largest absolute Gasteiger partial charge is 0.303 e. The van der Waals surface area contributed by atoms with Crippen molar-refractivity contribution >= 4 is 0 Å². The molecule has 1 heterocycles. The van der Waals surface area contributed by atoms with Crippen LogP contribution >= 0.6 is 0 Å². The fourth-order valence-corrected chi connectivity index (χ4v) is 2.17. The molecule has 1 rings (SSSR count). The number of hydrogen-bond donors (Lipinski definition) is 1. The zero-order valence-corrected chi connectivity index (χ0v) is 10.6. The molecule has 0 amide bonds. The molecule has 1 fully saturated rings. The van der Waals surface area contributed by atoms with Gasteiger partial charge in [-0.05, 0) is 45.3 Å². The normalized spacial score (nSPS) is 29.4. The van der Waals surface area contributed by atoms with Crippen LogP contribution in [0, 0.1) is 11.3 Å². The molecule has 0 bridgehead atoms. The SMILES string of the molecule is CC1CC(C#N)(NCCCN=[N+]=[N-])CCN1C. The Hall–Kier alpha value is -1.28. The molecule has 1 N–H and O–H groups in total. The van der Waals surface area contributed by atoms with Gasteiger partial charge in [0.1, 0.15) is 5.54 Å². The van der Waals surface area contributed by atoms with Gasteiger partial charge in [-0.3, -0.25) is 5.32 Å². The molecule has 0 spiro atoms. The van der Waals surface area contributed by atoms with E-state index >= 15 is 0 Å². The second kappa shape index (κ2) is 6.45. The first-order valence-corrected chi connectivity index (χ1v) is 6.01. The van der Waals surface area contributed by atoms with Crippen molar-refractivity contribution in [3.8, 4) is 6.07 Å². The molecule has 2 atom stereocenters. The zero-order chi connectivity index (χ0) is 12.7. The summed E-state index contributed by atoms with van der Waals surface area (Å²) in [5, 5.41) is 16.1. The summed E-state index contributed by atoms with van der Waals surface area (Å²) < 4.78 is 0. The van der Waals surface area contributed by atoms with E-state index in [0.717, 1.165) is 32.4 Å². The van der Waals surface area contributed by atoms with Crippen LogP contribution < -0.4 is 5.32 Å². The first-order chi connectivity index (χ1) is 8.13. The lowest BCUT2D eigenvalue weighted by molar-refractivity contribution is 0.138. The van der Waals surface area contributed by atoms with Crippen molar-refractivity contribution < 1.29 is 0 Å². The number of hydrogen-bond acceptors (Lipinski definition) is 4. The Bertz CT molecular complexity index is 329. The summed E-state index contributed by atoms with van der Waals surface area (Å²) in [6, 6.07) is 2.84. The van der Waals surface area contributed by atoms with E-state index < -0.39 is 5.54 Å². The van der Waals surface area contributed by atoms with Crippen LogP contribution in [-0.2, 0) is 0 Å². The van der Waals surface area contributed by atoms with Gasteiger partial charge in [-0.15, -0.1) is 0 Å². The number of rotatable bonds is 5. The van der Waals surface area contributed by atoms with Gasteiger partial charge in [0.05, 0.1) is 6.07 Å². The summed E-state index contributed by atoms with van der Waals surface area (Å²) in [5.74, 6) is 0. The molecule has 2 unspecified atom stereocenters. The molecule has 1 aliphatic heterocycles. The Morgan fingerprint density at radius 1 is 1.71 bits per heavy atom. The molecule has 0 aromatic heterocycles. The van der Waals surface area contributed by atoms with Gasteiger partial charge in [0.2, 0.25) is 0 Å². The lowest BCUT2D eigenvalue weighted by Crippen LogP contribution is -2.55. The van der Waals surface area contributed by atoms with Crippen molar-refractivity contribution in [3.63, 3.8) is 0 Å². The second-order valence-corrected chi connectivity index (χ2v) is 4.71. The minimum Gasteiger partial charge on any atom is -0.303 e. The van der Waals surface area contributed by atoms with Gasteiger partial charge < -0.3 is 4.90 Å². The first kappa shape index (κ1) is 13.8. The molecular weight excluding hydrogens is 216 g/mol. The maximum Gasteiger partial charge on any atom is 0.109 e. The highest BCUT2D eigenvalue weighted by Crippen LogP contribution is 2.25. The quantitative estimate of drug-likeness (QED) is 0.341. The number of piperidine rings is 1. The molecule has 0 aromatic carbocycles. The second-order valence-electron chi connectivity index (χ2n) is 4.71. The summed E-state index contributed by atoms with van der Waals surface area (Å²) in [5.41, 5.74) is 7.75. The Labute approximate surface area is 102 Å². The third kappa shape index (κ3) is 3.90. The number of azide groups is 1. The van der Waals surface area contributed by atoms with E-state index in [1.165, 1.54) is 0 Å². The van der Waals surface area contributed by atoms with Crippen molar-refractivity contribution in [1.82, 2.24) is 10.2 Å². The summed E-state index contributed by atoms with van der Waals surface area (Å²) >= 11 is 0. The topological polar surface area (TPSA) is 87.8 Å². The highest BCUT2D eigenvalue weighted by atomic mass is 15.2. The molecule has 1 aliphatic rings. The maximum atomic E-state index is 9.34. The monoisotopic (exact) mass is 236 g/mol. The van der Waals surface area contributed by atoms with Crippen molar-refractivity contribution in [2.45, 2.75) is 37.8 Å². The number of nitrogens with one attached hydrogen (secondary N) is 1. The van der Waals surface area contributed by atoms with Gasteiger partial charge in [-0.2, -0.15) is 5.26 Å². The minimum absolute atomic E-state index is 0.401. The maximum absolute atomic E-state index is 9.34. The number of nitriles is 1. The summed E-state index contributed by atoms with van der Waals surface area (Å²) in [6.07, 6.45) is 2.48. The van der Waals surface area contributed by atoms with Gasteiger partial charge in [0, 0.05) is 24.0 Å². The molecule has 6 heteroatoms. The fraction of sp³-hybridized carbons (Fsp3) is 0.909. The Kier molecular flexibility index (Phi) is 5.23. The Balaban J connectivity index is 2.42. The predicted octanol–water partition coefficient (Wildman–Crippen LogP) is 1.65. The molecule has 6 nitrogen and oxygen atoms in total. The van der Waals surface area contributed by atoms with Crippen molar-refractivity contribution in [3.05, 3.63) is 10.4 Å². The molecular formula is C11H20N6. The van der Waals surface area contributed by atoms with Crippen LogP contribution in [-0.4, -0.2) is 43.2 Å². The smallest absolute Gasteiger partial charge is 0.109 e. The van der Waals surface area contributed by atoms with Gasteiger partial charge in [-0.25, -0.2) is 0 Å². The van der Waals surface area contributed by atoms with Crippen LogP contribution in [0.3, 0.4) is 0 Å². The van der Waals surface area contributed by atoms with Crippen molar-refractivity contribution in [2.24, 2.45) is 5.11 Å². The van der Waals surface area contributed by atoms with Gasteiger partial charge in [0.15, 0.2) is 0 Å². The van der Waals surface area contributed by atoms with Gasteiger partial charge in [0.25, 0.3) is 0 Å². The Morgan fingerprint density at radius 3 is 3.06 bits per heavy atom. The minimum atomic E-state index is -0.401. The molecule has 0 saturated carbocycles. The standard InChI is InChI=1S/C11H20N6/c1-10-8-11(9-12,4-7-17(10)2)14-5-3-6-15-16-13/h10,14H,3-8H2,1-2H3. The average Bonchev–Trinajstić information content (AvgIpc) is 2.34. The lowest BCUT2D eigenvalue weighted by Gasteiger charge is -2.40. The van der Waals surface area contributed by atoms with E-state index in [0.29, 0.717) is 12.6 Å². The van der Waals surface area contributed by atoms with Crippen LogP contribution in [0.4, 0.5) is 0 Å². The zero-order valence-electron chi connectivity index (χ0n) is 10.6. The highest BCUT2D eigenvalue weighted by molar-refractivity contribution is 5.11. The predicted molar refractivity (Wildman–Crippen MR) is 66.3 cm³/mol. The van der Waals surface area contributed by atoms with Crippen LogP contribution in [0.2, 0.25) is 0 Å². The van der Waals surface area contributed by atoms with E-state index in [1.807, 2.05) is 0 Å². The van der Waals surface area contributed by atoms with Crippen molar-refractivity contribution in [2.75, 3.05) is 26.7 Å². The molecule has 0 aliphatic carbocycles. The molecule has 94 valence electrons. The van der Waals surface area contributed by atoms with Crippen LogP contribution in [0.25, 0.3) is 10.4 Å². The summed E-state index contributed by atoms with van der Waals surface area (Å²) in [6.45, 7) is 4.30. The van der Waals surface area contributed by atoms with E-state index in [9.17, 15) is 5.26 Å². The molecule has 1 saturated heterocycles. The average molecular weight is 236 g/mol. The number of likely N-dealkylation sites (tertiary alicyclic amines) is 1. The van der Waals surface area contributed by atoms with Crippen LogP contribution in [0.1, 0.15) is 26.2 Å². The highest BCUT2D eigenvalue weighted by Gasteiger charge is 2.36. The van der Waals surface area contributed by atoms with Crippen LogP contribution in [0.15, 0.2) is 5.11 Å². The Morgan fingerprint density at radius 2 is 2.47 bits per heavy atom. The first-order valence-electron chi connectivity index (χ1n) is 6.01. The number of nitrogens with zero attached hydrogens (tertiary/aromatic N) is 5.